The van der Waals surface area contributed by atoms with E-state index in [-0.39, 0.29) is 0 Å². The van der Waals surface area contributed by atoms with Crippen LogP contribution >= 0.6 is 23.4 Å². The standard InChI is InChI=1S/C16H12ClNO3S/c17-13-6-7-14(12(8-13)9-19)18-10-22-15(16(20)21)11-4-2-1-3-5-11/h1-10,15H,(H,20,21). The highest BCUT2D eigenvalue weighted by Crippen LogP contribution is 2.29. The van der Waals surface area contributed by atoms with Crippen LogP contribution in [0.1, 0.15) is 21.2 Å². The summed E-state index contributed by atoms with van der Waals surface area (Å²) in [5, 5.41) is 9.00. The molecule has 0 spiro atoms. The second-order valence-electron chi connectivity index (χ2n) is 4.32. The first-order valence-electron chi connectivity index (χ1n) is 6.32. The smallest absolute Gasteiger partial charge is 0.321 e. The van der Waals surface area contributed by atoms with Gasteiger partial charge in [0.15, 0.2) is 6.29 Å². The lowest BCUT2D eigenvalue weighted by molar-refractivity contribution is -0.136. The number of halogens is 1. The summed E-state index contributed by atoms with van der Waals surface area (Å²) >= 11 is 6.87. The summed E-state index contributed by atoms with van der Waals surface area (Å²) < 4.78 is 0. The van der Waals surface area contributed by atoms with Gasteiger partial charge in [-0.2, -0.15) is 0 Å². The maximum atomic E-state index is 11.4. The lowest BCUT2D eigenvalue weighted by Crippen LogP contribution is -2.07. The number of hydrogen-bond donors (Lipinski definition) is 1. The van der Waals surface area contributed by atoms with Crippen molar-refractivity contribution in [3.8, 4) is 0 Å². The maximum absolute atomic E-state index is 11.4. The highest BCUT2D eigenvalue weighted by Gasteiger charge is 2.19. The van der Waals surface area contributed by atoms with Crippen molar-refractivity contribution in [3.63, 3.8) is 0 Å². The molecule has 4 nitrogen and oxygen atoms in total. The van der Waals surface area contributed by atoms with E-state index in [1.807, 2.05) is 6.07 Å². The van der Waals surface area contributed by atoms with Gasteiger partial charge in [0.1, 0.15) is 5.25 Å². The Hall–Kier alpha value is -2.11. The fraction of sp³-hybridized carbons (Fsp3) is 0.0625. The van der Waals surface area contributed by atoms with E-state index in [2.05, 4.69) is 4.99 Å². The van der Waals surface area contributed by atoms with E-state index in [4.69, 9.17) is 11.6 Å². The molecule has 2 aromatic rings. The molecule has 0 radical (unpaired) electrons. The van der Waals surface area contributed by atoms with E-state index in [1.54, 1.807) is 36.4 Å². The zero-order valence-corrected chi connectivity index (χ0v) is 12.9. The Kier molecular flexibility index (Phi) is 5.75. The Labute approximate surface area is 136 Å². The van der Waals surface area contributed by atoms with Crippen molar-refractivity contribution >= 4 is 46.9 Å². The molecule has 0 aromatic heterocycles. The number of rotatable bonds is 6. The summed E-state index contributed by atoms with van der Waals surface area (Å²) in [6, 6.07) is 13.6. The SMILES string of the molecule is O=Cc1cc(Cl)ccc1N=CSC(C(=O)O)c1ccccc1. The molecule has 0 saturated heterocycles. The topological polar surface area (TPSA) is 66.7 Å². The summed E-state index contributed by atoms with van der Waals surface area (Å²) in [5.41, 5.74) is 2.92. The Morgan fingerprint density at radius 2 is 1.95 bits per heavy atom. The molecule has 0 aliphatic carbocycles. The molecule has 112 valence electrons. The van der Waals surface area contributed by atoms with Crippen LogP contribution in [0.15, 0.2) is 53.5 Å². The third-order valence-corrected chi connectivity index (χ3v) is 4.04. The van der Waals surface area contributed by atoms with Crippen molar-refractivity contribution in [2.75, 3.05) is 0 Å². The molecule has 6 heteroatoms. The number of carboxylic acids is 1. The number of aliphatic imine (C=N–C) groups is 1. The fourth-order valence-corrected chi connectivity index (χ4v) is 2.70. The van der Waals surface area contributed by atoms with Gasteiger partial charge in [0, 0.05) is 10.6 Å². The maximum Gasteiger partial charge on any atom is 0.321 e. The lowest BCUT2D eigenvalue weighted by Gasteiger charge is -2.09. The number of nitrogens with zero attached hydrogens (tertiary/aromatic N) is 1. The van der Waals surface area contributed by atoms with Gasteiger partial charge in [-0.25, -0.2) is 4.99 Å². The number of thioether (sulfide) groups is 1. The van der Waals surface area contributed by atoms with Crippen LogP contribution in [0.5, 0.6) is 0 Å². The summed E-state index contributed by atoms with van der Waals surface area (Å²) in [4.78, 5) is 26.5. The first kappa shape index (κ1) is 16.3. The second-order valence-corrected chi connectivity index (χ2v) is 5.71. The van der Waals surface area contributed by atoms with Gasteiger partial charge in [0.2, 0.25) is 0 Å². The summed E-state index contributed by atoms with van der Waals surface area (Å²) in [5.74, 6) is -0.950. The highest BCUT2D eigenvalue weighted by atomic mass is 35.5. The van der Waals surface area contributed by atoms with E-state index in [1.165, 1.54) is 11.6 Å². The molecule has 1 atom stereocenters. The summed E-state index contributed by atoms with van der Waals surface area (Å²) in [6.07, 6.45) is 0.662. The summed E-state index contributed by atoms with van der Waals surface area (Å²) in [7, 11) is 0. The summed E-state index contributed by atoms with van der Waals surface area (Å²) in [6.45, 7) is 0. The van der Waals surface area contributed by atoms with E-state index in [9.17, 15) is 14.7 Å². The molecular formula is C16H12ClNO3S. The van der Waals surface area contributed by atoms with Crippen molar-refractivity contribution < 1.29 is 14.7 Å². The largest absolute Gasteiger partial charge is 0.480 e. The average Bonchev–Trinajstić information content (AvgIpc) is 2.53. The van der Waals surface area contributed by atoms with Crippen LogP contribution in [0.3, 0.4) is 0 Å². The van der Waals surface area contributed by atoms with Crippen molar-refractivity contribution in [2.24, 2.45) is 4.99 Å². The molecule has 0 fully saturated rings. The van der Waals surface area contributed by atoms with Gasteiger partial charge in [-0.1, -0.05) is 53.7 Å². The predicted octanol–water partition coefficient (Wildman–Crippen LogP) is 4.37. The van der Waals surface area contributed by atoms with Crippen LogP contribution < -0.4 is 0 Å². The van der Waals surface area contributed by atoms with Crippen LogP contribution in [-0.4, -0.2) is 22.9 Å². The van der Waals surface area contributed by atoms with E-state index in [0.717, 1.165) is 11.8 Å². The number of hydrogen-bond acceptors (Lipinski definition) is 4. The molecule has 1 N–H and O–H groups in total. The zero-order chi connectivity index (χ0) is 15.9. The molecule has 0 saturated carbocycles. The van der Waals surface area contributed by atoms with Gasteiger partial charge in [-0.3, -0.25) is 9.59 Å². The molecular weight excluding hydrogens is 322 g/mol. The van der Waals surface area contributed by atoms with Gasteiger partial charge in [0.05, 0.1) is 11.2 Å². The van der Waals surface area contributed by atoms with Crippen LogP contribution in [0.2, 0.25) is 5.02 Å². The van der Waals surface area contributed by atoms with Gasteiger partial charge in [-0.15, -0.1) is 0 Å². The zero-order valence-electron chi connectivity index (χ0n) is 11.3. The minimum atomic E-state index is -0.950. The first-order valence-corrected chi connectivity index (χ1v) is 7.64. The Morgan fingerprint density at radius 1 is 1.23 bits per heavy atom. The van der Waals surface area contributed by atoms with Crippen molar-refractivity contribution in [1.29, 1.82) is 0 Å². The minimum Gasteiger partial charge on any atom is -0.480 e. The molecule has 0 heterocycles. The third-order valence-electron chi connectivity index (χ3n) is 2.83. The normalized spacial score (nSPS) is 12.2. The van der Waals surface area contributed by atoms with Gasteiger partial charge < -0.3 is 5.11 Å². The molecule has 0 amide bonds. The monoisotopic (exact) mass is 333 g/mol. The lowest BCUT2D eigenvalue weighted by atomic mass is 10.1. The number of carbonyl (C=O) groups is 2. The highest BCUT2D eigenvalue weighted by molar-refractivity contribution is 8.12. The van der Waals surface area contributed by atoms with E-state index >= 15 is 0 Å². The molecule has 0 bridgehead atoms. The second kappa shape index (κ2) is 7.77. The Bertz CT molecular complexity index is 704. The molecule has 2 rings (SSSR count). The van der Waals surface area contributed by atoms with Crippen molar-refractivity contribution in [1.82, 2.24) is 0 Å². The van der Waals surface area contributed by atoms with Crippen LogP contribution in [0, 0.1) is 0 Å². The van der Waals surface area contributed by atoms with E-state index < -0.39 is 11.2 Å². The predicted molar refractivity (Wildman–Crippen MR) is 89.4 cm³/mol. The number of aliphatic carboxylic acids is 1. The van der Waals surface area contributed by atoms with Gasteiger partial charge >= 0.3 is 5.97 Å². The van der Waals surface area contributed by atoms with Gasteiger partial charge in [-0.05, 0) is 23.8 Å². The first-order chi connectivity index (χ1) is 10.6. The average molecular weight is 334 g/mol. The van der Waals surface area contributed by atoms with Gasteiger partial charge in [0.25, 0.3) is 0 Å². The molecule has 0 aliphatic heterocycles. The molecule has 0 aliphatic rings. The third kappa shape index (κ3) is 4.19. The molecule has 22 heavy (non-hydrogen) atoms. The van der Waals surface area contributed by atoms with Crippen LogP contribution in [0.25, 0.3) is 0 Å². The molecule has 2 aromatic carbocycles. The fourth-order valence-electron chi connectivity index (χ4n) is 1.79. The number of benzene rings is 2. The Balaban J connectivity index is 2.16. The quantitative estimate of drug-likeness (QED) is 0.484. The number of carboxylic acid groups (broad SMARTS) is 1. The van der Waals surface area contributed by atoms with Crippen molar-refractivity contribution in [2.45, 2.75) is 5.25 Å². The molecule has 1 unspecified atom stereocenters. The van der Waals surface area contributed by atoms with E-state index in [0.29, 0.717) is 28.1 Å². The Morgan fingerprint density at radius 3 is 2.59 bits per heavy atom. The van der Waals surface area contributed by atoms with Crippen LogP contribution in [0.4, 0.5) is 5.69 Å². The number of carbonyl (C=O) groups excluding carboxylic acids is 1. The minimum absolute atomic E-state index is 0.357. The van der Waals surface area contributed by atoms with Crippen molar-refractivity contribution in [3.05, 3.63) is 64.7 Å². The number of aldehydes is 1. The van der Waals surface area contributed by atoms with Crippen LogP contribution in [-0.2, 0) is 4.79 Å².